The maximum Gasteiger partial charge on any atom is 0.222 e. The molecule has 1 saturated heterocycles. The third-order valence-corrected chi connectivity index (χ3v) is 3.21. The Bertz CT molecular complexity index is 407. The van der Waals surface area contributed by atoms with Gasteiger partial charge in [0.2, 0.25) is 5.91 Å². The van der Waals surface area contributed by atoms with Crippen molar-refractivity contribution in [3.8, 4) is 0 Å². The lowest BCUT2D eigenvalue weighted by atomic mass is 9.97. The van der Waals surface area contributed by atoms with Crippen molar-refractivity contribution in [3.05, 3.63) is 23.9 Å². The summed E-state index contributed by atoms with van der Waals surface area (Å²) in [6.45, 7) is 2.02. The van der Waals surface area contributed by atoms with Gasteiger partial charge in [-0.1, -0.05) is 6.07 Å². The summed E-state index contributed by atoms with van der Waals surface area (Å²) in [6.07, 6.45) is 3.59. The smallest absolute Gasteiger partial charge is 0.222 e. The topological polar surface area (TPSA) is 85.2 Å². The Morgan fingerprint density at radius 3 is 3.12 bits per heavy atom. The zero-order valence-electron chi connectivity index (χ0n) is 9.80. The number of hydrogen-bond donors (Lipinski definition) is 2. The molecule has 1 aliphatic rings. The summed E-state index contributed by atoms with van der Waals surface area (Å²) < 4.78 is 0. The Hall–Kier alpha value is -1.62. The highest BCUT2D eigenvalue weighted by atomic mass is 16.1. The second-order valence-electron chi connectivity index (χ2n) is 4.38. The van der Waals surface area contributed by atoms with Crippen molar-refractivity contribution in [2.45, 2.75) is 19.4 Å². The zero-order valence-corrected chi connectivity index (χ0v) is 9.80. The maximum atomic E-state index is 11.2. The standard InChI is InChI=1S/C12H18N4O/c13-7-9-3-1-5-15-12(9)16-6-2-4-10(8-16)11(14)17/h1,3,5,10H,2,4,6-8,13H2,(H2,14,17)/t10-/m1/s1. The largest absolute Gasteiger partial charge is 0.369 e. The van der Waals surface area contributed by atoms with Crippen LogP contribution in [-0.2, 0) is 11.3 Å². The van der Waals surface area contributed by atoms with Gasteiger partial charge in [-0.25, -0.2) is 4.98 Å². The average Bonchev–Trinajstić information content (AvgIpc) is 2.39. The van der Waals surface area contributed by atoms with Gasteiger partial charge in [0.25, 0.3) is 0 Å². The van der Waals surface area contributed by atoms with Crippen molar-refractivity contribution >= 4 is 11.7 Å². The number of piperidine rings is 1. The minimum atomic E-state index is -0.222. The van der Waals surface area contributed by atoms with Crippen molar-refractivity contribution in [1.82, 2.24) is 4.98 Å². The van der Waals surface area contributed by atoms with E-state index in [1.54, 1.807) is 6.20 Å². The number of carbonyl (C=O) groups excluding carboxylic acids is 1. The Morgan fingerprint density at radius 2 is 2.41 bits per heavy atom. The highest BCUT2D eigenvalue weighted by Crippen LogP contribution is 2.23. The van der Waals surface area contributed by atoms with Gasteiger partial charge in [0, 0.05) is 31.4 Å². The molecule has 0 spiro atoms. The van der Waals surface area contributed by atoms with E-state index in [4.69, 9.17) is 11.5 Å². The first kappa shape index (κ1) is 11.9. The summed E-state index contributed by atoms with van der Waals surface area (Å²) in [6, 6.07) is 3.84. The summed E-state index contributed by atoms with van der Waals surface area (Å²) in [5, 5.41) is 0. The number of rotatable bonds is 3. The SMILES string of the molecule is NCc1cccnc1N1CCC[C@@H](C(N)=O)C1. The van der Waals surface area contributed by atoms with Gasteiger partial charge in [0.1, 0.15) is 5.82 Å². The van der Waals surface area contributed by atoms with Gasteiger partial charge in [0.05, 0.1) is 5.92 Å². The molecule has 1 aromatic rings. The minimum Gasteiger partial charge on any atom is -0.369 e. The van der Waals surface area contributed by atoms with E-state index in [-0.39, 0.29) is 11.8 Å². The van der Waals surface area contributed by atoms with Crippen molar-refractivity contribution < 1.29 is 4.79 Å². The van der Waals surface area contributed by atoms with Gasteiger partial charge in [0.15, 0.2) is 0 Å². The van der Waals surface area contributed by atoms with Crippen LogP contribution < -0.4 is 16.4 Å². The third-order valence-electron chi connectivity index (χ3n) is 3.21. The molecule has 1 aromatic heterocycles. The molecular weight excluding hydrogens is 216 g/mol. The summed E-state index contributed by atoms with van der Waals surface area (Å²) in [5.74, 6) is 0.595. The lowest BCUT2D eigenvalue weighted by Crippen LogP contribution is -2.42. The zero-order chi connectivity index (χ0) is 12.3. The first-order chi connectivity index (χ1) is 8.22. The van der Waals surface area contributed by atoms with Gasteiger partial charge in [-0.05, 0) is 18.9 Å². The van der Waals surface area contributed by atoms with Crippen molar-refractivity contribution in [2.75, 3.05) is 18.0 Å². The minimum absolute atomic E-state index is 0.0728. The second kappa shape index (κ2) is 5.14. The predicted octanol–water partition coefficient (Wildman–Crippen LogP) is 0.242. The molecular formula is C12H18N4O. The van der Waals surface area contributed by atoms with Gasteiger partial charge >= 0.3 is 0 Å². The fourth-order valence-corrected chi connectivity index (χ4v) is 2.28. The highest BCUT2D eigenvalue weighted by Gasteiger charge is 2.25. The van der Waals surface area contributed by atoms with Gasteiger partial charge < -0.3 is 16.4 Å². The van der Waals surface area contributed by atoms with E-state index < -0.39 is 0 Å². The van der Waals surface area contributed by atoms with Crippen LogP contribution in [0.25, 0.3) is 0 Å². The number of amides is 1. The molecule has 5 nitrogen and oxygen atoms in total. The van der Waals surface area contributed by atoms with Gasteiger partial charge in [-0.3, -0.25) is 4.79 Å². The van der Waals surface area contributed by atoms with Crippen LogP contribution in [0.2, 0.25) is 0 Å². The molecule has 1 atom stereocenters. The number of anilines is 1. The van der Waals surface area contributed by atoms with E-state index in [0.717, 1.165) is 30.8 Å². The monoisotopic (exact) mass is 234 g/mol. The van der Waals surface area contributed by atoms with Crippen LogP contribution in [0.3, 0.4) is 0 Å². The Labute approximate surface area is 101 Å². The number of nitrogens with two attached hydrogens (primary N) is 2. The molecule has 0 aliphatic carbocycles. The molecule has 0 saturated carbocycles. The Morgan fingerprint density at radius 1 is 1.59 bits per heavy atom. The summed E-state index contributed by atoms with van der Waals surface area (Å²) >= 11 is 0. The molecule has 2 heterocycles. The summed E-state index contributed by atoms with van der Waals surface area (Å²) in [4.78, 5) is 17.7. The first-order valence-electron chi connectivity index (χ1n) is 5.90. The molecule has 17 heavy (non-hydrogen) atoms. The van der Waals surface area contributed by atoms with Crippen LogP contribution in [0.4, 0.5) is 5.82 Å². The Balaban J connectivity index is 2.18. The van der Waals surface area contributed by atoms with Crippen LogP contribution in [0.15, 0.2) is 18.3 Å². The molecule has 2 rings (SSSR count). The lowest BCUT2D eigenvalue weighted by molar-refractivity contribution is -0.122. The van der Waals surface area contributed by atoms with E-state index in [2.05, 4.69) is 9.88 Å². The van der Waals surface area contributed by atoms with Crippen LogP contribution in [0.1, 0.15) is 18.4 Å². The molecule has 0 radical (unpaired) electrons. The highest BCUT2D eigenvalue weighted by molar-refractivity contribution is 5.77. The van der Waals surface area contributed by atoms with Gasteiger partial charge in [-0.2, -0.15) is 0 Å². The quantitative estimate of drug-likeness (QED) is 0.784. The molecule has 4 N–H and O–H groups in total. The first-order valence-corrected chi connectivity index (χ1v) is 5.90. The molecule has 0 aromatic carbocycles. The van der Waals surface area contributed by atoms with Crippen molar-refractivity contribution in [2.24, 2.45) is 17.4 Å². The van der Waals surface area contributed by atoms with E-state index >= 15 is 0 Å². The van der Waals surface area contributed by atoms with E-state index in [1.807, 2.05) is 12.1 Å². The fraction of sp³-hybridized carbons (Fsp3) is 0.500. The number of carbonyl (C=O) groups is 1. The van der Waals surface area contributed by atoms with Crippen LogP contribution in [0.5, 0.6) is 0 Å². The predicted molar refractivity (Wildman–Crippen MR) is 66.3 cm³/mol. The molecule has 1 aliphatic heterocycles. The molecule has 0 unspecified atom stereocenters. The van der Waals surface area contributed by atoms with E-state index in [1.165, 1.54) is 0 Å². The molecule has 92 valence electrons. The summed E-state index contributed by atoms with van der Waals surface area (Å²) in [5.41, 5.74) is 12.1. The van der Waals surface area contributed by atoms with E-state index in [0.29, 0.717) is 13.1 Å². The normalized spacial score (nSPS) is 20.3. The maximum absolute atomic E-state index is 11.2. The number of primary amides is 1. The van der Waals surface area contributed by atoms with Crippen LogP contribution in [0, 0.1) is 5.92 Å². The van der Waals surface area contributed by atoms with Crippen LogP contribution in [-0.4, -0.2) is 24.0 Å². The fourth-order valence-electron chi connectivity index (χ4n) is 2.28. The van der Waals surface area contributed by atoms with Crippen molar-refractivity contribution in [3.63, 3.8) is 0 Å². The number of aromatic nitrogens is 1. The number of pyridine rings is 1. The van der Waals surface area contributed by atoms with E-state index in [9.17, 15) is 4.79 Å². The average molecular weight is 234 g/mol. The van der Waals surface area contributed by atoms with Crippen molar-refractivity contribution in [1.29, 1.82) is 0 Å². The number of nitrogens with zero attached hydrogens (tertiary/aromatic N) is 2. The van der Waals surface area contributed by atoms with Gasteiger partial charge in [-0.15, -0.1) is 0 Å². The van der Waals surface area contributed by atoms with Crippen LogP contribution >= 0.6 is 0 Å². The third kappa shape index (κ3) is 2.55. The molecule has 1 fully saturated rings. The number of hydrogen-bond acceptors (Lipinski definition) is 4. The lowest BCUT2D eigenvalue weighted by Gasteiger charge is -2.33. The molecule has 5 heteroatoms. The second-order valence-corrected chi connectivity index (χ2v) is 4.38. The summed E-state index contributed by atoms with van der Waals surface area (Å²) in [7, 11) is 0. The molecule has 0 bridgehead atoms. The Kier molecular flexibility index (Phi) is 3.58. The molecule has 1 amide bonds.